The summed E-state index contributed by atoms with van der Waals surface area (Å²) in [6.45, 7) is 16.3. The van der Waals surface area contributed by atoms with Gasteiger partial charge in [0.15, 0.2) is 18.1 Å². The number of amides is 2. The molecule has 2 aliphatic rings. The van der Waals surface area contributed by atoms with Crippen molar-refractivity contribution in [1.82, 2.24) is 14.7 Å². The molecule has 4 atom stereocenters. The van der Waals surface area contributed by atoms with Gasteiger partial charge in [-0.15, -0.1) is 0 Å². The normalized spacial score (nSPS) is 22.2. The molecule has 258 valence electrons. The Morgan fingerprint density at radius 3 is 2.15 bits per heavy atom. The smallest absolute Gasteiger partial charge is 0.411 e. The van der Waals surface area contributed by atoms with Crippen LogP contribution in [0.4, 0.5) is 9.18 Å². The fraction of sp³-hybridized carbons (Fsp3) is 0.571. The van der Waals surface area contributed by atoms with Crippen LogP contribution in [0.1, 0.15) is 67.4 Å². The maximum Gasteiger partial charge on any atom is 0.411 e. The maximum atomic E-state index is 13.4. The van der Waals surface area contributed by atoms with Gasteiger partial charge in [-0.1, -0.05) is 23.7 Å². The molecule has 0 bridgehead atoms. The molecule has 2 heterocycles. The van der Waals surface area contributed by atoms with Gasteiger partial charge in [0.05, 0.1) is 6.54 Å². The molecule has 0 spiro atoms. The Kier molecular flexibility index (Phi) is 11.3. The largest absolute Gasteiger partial charge is 0.485 e. The molecule has 2 fully saturated rings. The van der Waals surface area contributed by atoms with E-state index in [2.05, 4.69) is 11.8 Å². The number of piperazine rings is 1. The van der Waals surface area contributed by atoms with Crippen LogP contribution < -0.4 is 9.47 Å². The van der Waals surface area contributed by atoms with Gasteiger partial charge in [0.2, 0.25) is 0 Å². The zero-order valence-corrected chi connectivity index (χ0v) is 29.3. The molecule has 47 heavy (non-hydrogen) atoms. The molecule has 0 radical (unpaired) electrons. The van der Waals surface area contributed by atoms with E-state index in [0.717, 1.165) is 5.56 Å². The molecule has 2 aromatic rings. The van der Waals surface area contributed by atoms with E-state index < -0.39 is 35.4 Å². The van der Waals surface area contributed by atoms with E-state index in [1.54, 1.807) is 71.9 Å². The number of likely N-dealkylation sites (tertiary alicyclic amines) is 1. The molecule has 0 unspecified atom stereocenters. The van der Waals surface area contributed by atoms with Crippen LogP contribution in [0, 0.1) is 5.82 Å². The van der Waals surface area contributed by atoms with E-state index in [9.17, 15) is 18.8 Å². The molecule has 2 amide bonds. The highest BCUT2D eigenvalue weighted by Gasteiger charge is 2.44. The number of carbonyl (C=O) groups is 3. The van der Waals surface area contributed by atoms with E-state index in [4.69, 9.17) is 30.5 Å². The highest BCUT2D eigenvalue weighted by molar-refractivity contribution is 6.30. The zero-order valence-electron chi connectivity index (χ0n) is 28.5. The molecule has 2 saturated heterocycles. The number of ether oxygens (including phenoxy) is 4. The first-order chi connectivity index (χ1) is 21.9. The van der Waals surface area contributed by atoms with Gasteiger partial charge in [-0.2, -0.15) is 0 Å². The van der Waals surface area contributed by atoms with Crippen molar-refractivity contribution >= 4 is 29.6 Å². The number of halogens is 2. The number of carbonyl (C=O) groups excluding carboxylic acids is 3. The Morgan fingerprint density at radius 1 is 0.851 bits per heavy atom. The van der Waals surface area contributed by atoms with Gasteiger partial charge in [0, 0.05) is 49.2 Å². The molecular formula is C35H47ClFN3O7. The molecule has 0 aromatic heterocycles. The summed E-state index contributed by atoms with van der Waals surface area (Å²) in [6.07, 6.45) is -1.09. The van der Waals surface area contributed by atoms with Crippen LogP contribution in [-0.4, -0.2) is 94.3 Å². The Labute approximate surface area is 282 Å². The van der Waals surface area contributed by atoms with E-state index in [-0.39, 0.29) is 49.1 Å². The number of benzene rings is 2. The topological polar surface area (TPSA) is 97.9 Å². The van der Waals surface area contributed by atoms with Crippen molar-refractivity contribution in [3.63, 3.8) is 0 Å². The summed E-state index contributed by atoms with van der Waals surface area (Å²) in [4.78, 5) is 45.0. The fourth-order valence-corrected chi connectivity index (χ4v) is 5.85. The third-order valence-electron chi connectivity index (χ3n) is 7.85. The third-order valence-corrected chi connectivity index (χ3v) is 8.09. The Balaban J connectivity index is 1.41. The Bertz CT molecular complexity index is 1390. The summed E-state index contributed by atoms with van der Waals surface area (Å²) in [5.41, 5.74) is -0.502. The van der Waals surface area contributed by atoms with Crippen LogP contribution in [0.3, 0.4) is 0 Å². The average Bonchev–Trinajstić information content (AvgIpc) is 3.38. The minimum absolute atomic E-state index is 0.0641. The maximum absolute atomic E-state index is 13.4. The quantitative estimate of drug-likeness (QED) is 0.311. The lowest BCUT2D eigenvalue weighted by Gasteiger charge is -2.44. The number of hydrogen-bond donors (Lipinski definition) is 0. The summed E-state index contributed by atoms with van der Waals surface area (Å²) in [7, 11) is 0. The molecule has 0 saturated carbocycles. The molecule has 12 heteroatoms. The van der Waals surface area contributed by atoms with E-state index in [1.165, 1.54) is 17.0 Å². The summed E-state index contributed by atoms with van der Waals surface area (Å²) < 4.78 is 36.8. The van der Waals surface area contributed by atoms with Gasteiger partial charge < -0.3 is 23.8 Å². The van der Waals surface area contributed by atoms with Crippen molar-refractivity contribution in [2.45, 2.75) is 104 Å². The number of nitrogens with zero attached hydrogens (tertiary/aromatic N) is 3. The lowest BCUT2D eigenvalue weighted by molar-refractivity contribution is -0.160. The molecule has 2 aliphatic heterocycles. The molecule has 0 aliphatic carbocycles. The van der Waals surface area contributed by atoms with Crippen LogP contribution in [0.5, 0.6) is 11.5 Å². The summed E-state index contributed by atoms with van der Waals surface area (Å²) >= 11 is 6.31. The number of hydrogen-bond acceptors (Lipinski definition) is 8. The predicted molar refractivity (Wildman–Crippen MR) is 176 cm³/mol. The lowest BCUT2D eigenvalue weighted by Crippen LogP contribution is -2.58. The van der Waals surface area contributed by atoms with Gasteiger partial charge in [0.1, 0.15) is 29.2 Å². The van der Waals surface area contributed by atoms with Crippen LogP contribution in [0.15, 0.2) is 42.5 Å². The van der Waals surface area contributed by atoms with Gasteiger partial charge in [-0.05, 0) is 85.2 Å². The number of rotatable bonds is 8. The van der Waals surface area contributed by atoms with Crippen LogP contribution in [-0.2, 0) is 25.6 Å². The first-order valence-electron chi connectivity index (χ1n) is 16.0. The highest BCUT2D eigenvalue weighted by Crippen LogP contribution is 2.34. The summed E-state index contributed by atoms with van der Waals surface area (Å²) in [6, 6.07) is 10.4. The molecule has 4 rings (SSSR count). The number of esters is 1. The minimum atomic E-state index is -0.913. The van der Waals surface area contributed by atoms with E-state index in [0.29, 0.717) is 30.4 Å². The van der Waals surface area contributed by atoms with Crippen molar-refractivity contribution in [3.8, 4) is 11.5 Å². The van der Waals surface area contributed by atoms with Crippen LogP contribution in [0.2, 0.25) is 5.02 Å². The van der Waals surface area contributed by atoms with Gasteiger partial charge >= 0.3 is 12.1 Å². The van der Waals surface area contributed by atoms with Crippen LogP contribution in [0.25, 0.3) is 0 Å². The van der Waals surface area contributed by atoms with E-state index >= 15 is 0 Å². The van der Waals surface area contributed by atoms with Crippen molar-refractivity contribution in [3.05, 3.63) is 58.9 Å². The second-order valence-electron chi connectivity index (χ2n) is 14.3. The fourth-order valence-electron chi connectivity index (χ4n) is 5.68. The molecule has 10 nitrogen and oxygen atoms in total. The van der Waals surface area contributed by atoms with Gasteiger partial charge in [-0.25, -0.2) is 14.0 Å². The second-order valence-corrected chi connectivity index (χ2v) is 14.8. The third kappa shape index (κ3) is 10.2. The second kappa shape index (κ2) is 14.7. The lowest BCUT2D eigenvalue weighted by atomic mass is 10.1. The van der Waals surface area contributed by atoms with Gasteiger partial charge in [-0.3, -0.25) is 14.6 Å². The minimum Gasteiger partial charge on any atom is -0.485 e. The molecule has 0 N–H and O–H groups in total. The standard InChI is InChI=1S/C35H47ClFN3O7/c1-22-18-39(23(2)17-38(22)19-24-9-12-26(37)13-10-24)31(41)21-44-29-14-11-25(36)15-30(29)45-27-16-28(32(42)46-34(3,4)5)40(20-27)33(43)47-35(6,7)8/h9-15,22-23,27-28H,16-21H2,1-8H3/t22-,23+,27-,28-/m0/s1. The van der Waals surface area contributed by atoms with E-state index in [1.807, 2.05) is 11.8 Å². The van der Waals surface area contributed by atoms with Crippen molar-refractivity contribution in [1.29, 1.82) is 0 Å². The van der Waals surface area contributed by atoms with Crippen molar-refractivity contribution < 1.29 is 37.7 Å². The first kappa shape index (κ1) is 36.3. The Hall–Kier alpha value is -3.57. The summed E-state index contributed by atoms with van der Waals surface area (Å²) in [5, 5.41) is 0.393. The molecule has 2 aromatic carbocycles. The van der Waals surface area contributed by atoms with Gasteiger partial charge in [0.25, 0.3) is 5.91 Å². The first-order valence-corrected chi connectivity index (χ1v) is 16.4. The van der Waals surface area contributed by atoms with Crippen LogP contribution >= 0.6 is 11.6 Å². The molecular weight excluding hydrogens is 629 g/mol. The monoisotopic (exact) mass is 675 g/mol. The van der Waals surface area contributed by atoms with Crippen molar-refractivity contribution in [2.24, 2.45) is 0 Å². The Morgan fingerprint density at radius 2 is 1.51 bits per heavy atom. The predicted octanol–water partition coefficient (Wildman–Crippen LogP) is 6.08. The summed E-state index contributed by atoms with van der Waals surface area (Å²) in [5.74, 6) is -0.397. The van der Waals surface area contributed by atoms with Crippen molar-refractivity contribution in [2.75, 3.05) is 26.2 Å². The average molecular weight is 676 g/mol. The zero-order chi connectivity index (χ0) is 34.7. The highest BCUT2D eigenvalue weighted by atomic mass is 35.5. The SMILES string of the molecule is C[C@@H]1CN(Cc2ccc(F)cc2)[C@@H](C)CN1C(=O)COc1ccc(Cl)cc1O[C@H]1C[C@@H](C(=O)OC(C)(C)C)N(C(=O)OC(C)(C)C)C1.